The van der Waals surface area contributed by atoms with Gasteiger partial charge >= 0.3 is 6.16 Å². The van der Waals surface area contributed by atoms with E-state index in [4.69, 9.17) is 38.0 Å². The molecule has 0 saturated heterocycles. The molecule has 0 unspecified atom stereocenters. The van der Waals surface area contributed by atoms with Crippen molar-refractivity contribution < 1.29 is 52.8 Å². The molecule has 3 N–H and O–H groups in total. The molecule has 2 heterocycles. The molecule has 244 valence electrons. The second-order valence-corrected chi connectivity index (χ2v) is 8.72. The second kappa shape index (κ2) is 17.3. The fraction of sp³-hybridized carbons (Fsp3) is 0.281. The Balaban J connectivity index is 0.000000482. The fourth-order valence-corrected chi connectivity index (χ4v) is 3.99. The number of rotatable bonds is 9. The van der Waals surface area contributed by atoms with E-state index in [9.17, 15) is 20.0 Å². The van der Waals surface area contributed by atoms with E-state index in [-0.39, 0.29) is 60.1 Å². The van der Waals surface area contributed by atoms with Gasteiger partial charge in [-0.2, -0.15) is 0 Å². The number of nitrogens with zero attached hydrogens (tertiary/aromatic N) is 1. The van der Waals surface area contributed by atoms with Crippen molar-refractivity contribution in [1.29, 1.82) is 0 Å². The molecule has 5 aromatic rings. The average Bonchev–Trinajstić information content (AvgIpc) is 3.63. The summed E-state index contributed by atoms with van der Waals surface area (Å²) in [6, 6.07) is 15.3. The maximum Gasteiger partial charge on any atom is 0.514 e. The lowest BCUT2D eigenvalue weighted by Crippen LogP contribution is -2.10. The number of nitro benzene ring substituents is 1. The van der Waals surface area contributed by atoms with Crippen LogP contribution in [0, 0.1) is 10.1 Å². The molecule has 45 heavy (non-hydrogen) atoms. The monoisotopic (exact) mass is 629 g/mol. The Hall–Kier alpha value is -5.11. The molecule has 0 spiro atoms. The first-order chi connectivity index (χ1) is 20.3. The van der Waals surface area contributed by atoms with E-state index in [1.165, 1.54) is 38.5 Å². The molecule has 0 aliphatic carbocycles. The molecule has 0 saturated carbocycles. The smallest absolute Gasteiger partial charge is 0.493 e. The van der Waals surface area contributed by atoms with Crippen molar-refractivity contribution in [3.8, 4) is 17.2 Å². The number of nitro groups is 1. The van der Waals surface area contributed by atoms with E-state index in [0.717, 1.165) is 10.9 Å². The quantitative estimate of drug-likeness (QED) is 0.0665. The maximum absolute atomic E-state index is 11.8. The number of methoxy groups -OCH3 is 2. The number of aliphatic hydroxyl groups excluding tert-OH is 3. The highest BCUT2D eigenvalue weighted by molar-refractivity contribution is 5.85. The third-order valence-corrected chi connectivity index (χ3v) is 5.93. The Bertz CT molecular complexity index is 1690. The molecule has 3 aromatic carbocycles. The Morgan fingerprint density at radius 3 is 1.69 bits per heavy atom. The van der Waals surface area contributed by atoms with Gasteiger partial charge in [-0.1, -0.05) is 22.3 Å². The van der Waals surface area contributed by atoms with Gasteiger partial charge < -0.3 is 43.1 Å². The summed E-state index contributed by atoms with van der Waals surface area (Å²) >= 11 is 0. The van der Waals surface area contributed by atoms with Crippen molar-refractivity contribution in [2.75, 3.05) is 14.2 Å². The van der Waals surface area contributed by atoms with Gasteiger partial charge in [-0.3, -0.25) is 10.1 Å². The first-order valence-corrected chi connectivity index (χ1v) is 12.4. The number of benzene rings is 3. The minimum Gasteiger partial charge on any atom is -0.493 e. The molecule has 5 rings (SSSR count). The third-order valence-electron chi connectivity index (χ3n) is 5.93. The first kappa shape index (κ1) is 37.9. The second-order valence-electron chi connectivity index (χ2n) is 8.72. The SMILES string of the molecule is C.C.C.COc1cc(CO)cc2cc(CO)oc12.COc1cc(CO)cc2cc(COC(=O)Oc3ccc([N+](=O)[O-])cc3)oc12. The Morgan fingerprint density at radius 1 is 0.756 bits per heavy atom. The van der Waals surface area contributed by atoms with E-state index in [1.807, 2.05) is 0 Å². The fourth-order valence-electron chi connectivity index (χ4n) is 3.99. The summed E-state index contributed by atoms with van der Waals surface area (Å²) in [5.74, 6) is 1.98. The van der Waals surface area contributed by atoms with E-state index in [0.29, 0.717) is 45.1 Å². The molecule has 0 aliphatic rings. The van der Waals surface area contributed by atoms with Crippen molar-refractivity contribution in [2.24, 2.45) is 0 Å². The van der Waals surface area contributed by atoms with Crippen molar-refractivity contribution >= 4 is 33.8 Å². The highest BCUT2D eigenvalue weighted by Gasteiger charge is 2.14. The summed E-state index contributed by atoms with van der Waals surface area (Å²) in [4.78, 5) is 21.8. The number of furan rings is 2. The zero-order valence-electron chi connectivity index (χ0n) is 22.6. The van der Waals surface area contributed by atoms with Crippen molar-refractivity contribution in [3.05, 3.63) is 93.4 Å². The van der Waals surface area contributed by atoms with Crippen LogP contribution < -0.4 is 14.2 Å². The highest BCUT2D eigenvalue weighted by Crippen LogP contribution is 2.32. The molecule has 0 radical (unpaired) electrons. The highest BCUT2D eigenvalue weighted by atomic mass is 16.7. The van der Waals surface area contributed by atoms with E-state index in [2.05, 4.69) is 0 Å². The Morgan fingerprint density at radius 2 is 1.24 bits per heavy atom. The maximum atomic E-state index is 11.8. The van der Waals surface area contributed by atoms with E-state index >= 15 is 0 Å². The van der Waals surface area contributed by atoms with Gasteiger partial charge in [0, 0.05) is 22.9 Å². The lowest BCUT2D eigenvalue weighted by molar-refractivity contribution is -0.384. The molecular weight excluding hydrogens is 590 g/mol. The molecule has 2 aromatic heterocycles. The number of non-ortho nitro benzene ring substituents is 1. The summed E-state index contributed by atoms with van der Waals surface area (Å²) in [6.07, 6.45) is -0.979. The van der Waals surface area contributed by atoms with Gasteiger partial charge in [0.2, 0.25) is 0 Å². The van der Waals surface area contributed by atoms with Gasteiger partial charge in [0.25, 0.3) is 5.69 Å². The van der Waals surface area contributed by atoms with Crippen LogP contribution in [0.5, 0.6) is 17.2 Å². The number of hydrogen-bond acceptors (Lipinski definition) is 12. The summed E-state index contributed by atoms with van der Waals surface area (Å²) in [6.45, 7) is -0.527. The van der Waals surface area contributed by atoms with Crippen LogP contribution in [0.1, 0.15) is 44.9 Å². The first-order valence-electron chi connectivity index (χ1n) is 12.4. The van der Waals surface area contributed by atoms with Gasteiger partial charge in [-0.05, 0) is 59.7 Å². The van der Waals surface area contributed by atoms with Crippen LogP contribution in [0.3, 0.4) is 0 Å². The van der Waals surface area contributed by atoms with Crippen LogP contribution in [0.25, 0.3) is 21.9 Å². The van der Waals surface area contributed by atoms with Crippen LogP contribution in [0.4, 0.5) is 10.5 Å². The normalized spacial score (nSPS) is 9.98. The largest absolute Gasteiger partial charge is 0.514 e. The number of hydrogen-bond donors (Lipinski definition) is 3. The number of carbonyl (C=O) groups excluding carboxylic acids is 1. The summed E-state index contributed by atoms with van der Waals surface area (Å²) in [5.41, 5.74) is 2.36. The summed E-state index contributed by atoms with van der Waals surface area (Å²) in [7, 11) is 3.02. The third kappa shape index (κ3) is 9.19. The van der Waals surface area contributed by atoms with Gasteiger partial charge in [0.1, 0.15) is 23.9 Å². The standard InChI is InChI=1S/C18H15NO8.C11H12O4.3CH4/c1-24-16-7-11(9-20)6-12-8-15(26-17(12)16)10-25-18(21)27-14-4-2-13(3-5-14)19(22)23;1-14-10-3-7(5-12)2-8-4-9(6-13)15-11(8)10;;;/h2-8,20H,9-10H2,1H3;2-4,12-13H,5-6H2,1H3;3*1H4. The predicted octanol–water partition coefficient (Wildman–Crippen LogP) is 6.89. The average molecular weight is 630 g/mol. The number of fused-ring (bicyclic) bond motifs is 2. The summed E-state index contributed by atoms with van der Waals surface area (Å²) < 4.78 is 31.3. The molecule has 13 heteroatoms. The minimum absolute atomic E-state index is 0. The van der Waals surface area contributed by atoms with Crippen LogP contribution >= 0.6 is 0 Å². The topological polar surface area (TPSA) is 184 Å². The van der Waals surface area contributed by atoms with Crippen molar-refractivity contribution in [3.63, 3.8) is 0 Å². The van der Waals surface area contributed by atoms with Crippen LogP contribution in [-0.4, -0.2) is 40.6 Å². The van der Waals surface area contributed by atoms with Gasteiger partial charge in [0.15, 0.2) is 29.3 Å². The number of carbonyl (C=O) groups is 1. The lowest BCUT2D eigenvalue weighted by Gasteiger charge is -2.04. The zero-order valence-corrected chi connectivity index (χ0v) is 22.6. The number of ether oxygens (including phenoxy) is 4. The molecule has 0 aliphatic heterocycles. The Labute approximate surface area is 260 Å². The molecule has 0 bridgehead atoms. The van der Waals surface area contributed by atoms with Crippen molar-refractivity contribution in [1.82, 2.24) is 0 Å². The van der Waals surface area contributed by atoms with E-state index in [1.54, 1.807) is 36.4 Å². The molecule has 0 fully saturated rings. The van der Waals surface area contributed by atoms with Crippen LogP contribution in [0.15, 0.2) is 69.5 Å². The predicted molar refractivity (Wildman–Crippen MR) is 167 cm³/mol. The van der Waals surface area contributed by atoms with Gasteiger partial charge in [-0.25, -0.2) is 4.79 Å². The minimum atomic E-state index is -0.979. The molecular formula is C32H39NO12. The van der Waals surface area contributed by atoms with Gasteiger partial charge in [0.05, 0.1) is 32.4 Å². The number of aliphatic hydroxyl groups is 3. The molecule has 0 amide bonds. The van der Waals surface area contributed by atoms with E-state index < -0.39 is 11.1 Å². The zero-order chi connectivity index (χ0) is 30.2. The van der Waals surface area contributed by atoms with Gasteiger partial charge in [-0.15, -0.1) is 0 Å². The molecule has 0 atom stereocenters. The molecule has 13 nitrogen and oxygen atoms in total. The van der Waals surface area contributed by atoms with Crippen LogP contribution in [-0.2, 0) is 31.2 Å². The lowest BCUT2D eigenvalue weighted by atomic mass is 10.1. The van der Waals surface area contributed by atoms with Crippen molar-refractivity contribution in [2.45, 2.75) is 48.7 Å². The summed E-state index contributed by atoms with van der Waals surface area (Å²) in [5, 5.41) is 39.4. The van der Waals surface area contributed by atoms with Crippen LogP contribution in [0.2, 0.25) is 0 Å². The Kier molecular flexibility index (Phi) is 14.5.